The number of hydrogen-bond acceptors (Lipinski definition) is 2. The predicted molar refractivity (Wildman–Crippen MR) is 79.9 cm³/mol. The maximum absolute atomic E-state index is 13.9. The van der Waals surface area contributed by atoms with E-state index in [-0.39, 0.29) is 23.2 Å². The number of nitrogens with zero attached hydrogens (tertiary/aromatic N) is 1. The molecule has 0 aliphatic carbocycles. The lowest BCUT2D eigenvalue weighted by atomic mass is 9.80. The summed E-state index contributed by atoms with van der Waals surface area (Å²) >= 11 is 0. The van der Waals surface area contributed by atoms with Crippen LogP contribution < -0.4 is 5.32 Å². The van der Waals surface area contributed by atoms with E-state index in [0.717, 1.165) is 18.9 Å². The van der Waals surface area contributed by atoms with Crippen molar-refractivity contribution in [1.82, 2.24) is 10.2 Å². The van der Waals surface area contributed by atoms with Crippen LogP contribution in [0.1, 0.15) is 32.3 Å². The molecule has 0 aliphatic heterocycles. The minimum Gasteiger partial charge on any atom is -0.315 e. The van der Waals surface area contributed by atoms with Crippen LogP contribution in [-0.4, -0.2) is 37.6 Å². The van der Waals surface area contributed by atoms with Crippen molar-refractivity contribution in [2.45, 2.75) is 44.7 Å². The molecule has 1 rings (SSSR count). The van der Waals surface area contributed by atoms with E-state index >= 15 is 0 Å². The summed E-state index contributed by atoms with van der Waals surface area (Å²) in [6.45, 7) is 4.27. The van der Waals surface area contributed by atoms with Crippen molar-refractivity contribution in [1.29, 1.82) is 0 Å². The van der Waals surface area contributed by atoms with Crippen molar-refractivity contribution in [3.8, 4) is 0 Å². The van der Waals surface area contributed by atoms with Crippen molar-refractivity contribution in [3.05, 3.63) is 35.4 Å². The lowest BCUT2D eigenvalue weighted by Crippen LogP contribution is -2.58. The van der Waals surface area contributed by atoms with Gasteiger partial charge >= 0.3 is 0 Å². The van der Waals surface area contributed by atoms with Crippen molar-refractivity contribution in [3.63, 3.8) is 0 Å². The van der Waals surface area contributed by atoms with Crippen LogP contribution in [0.25, 0.3) is 0 Å². The third-order valence-corrected chi connectivity index (χ3v) is 4.54. The molecule has 1 atom stereocenters. The zero-order valence-electron chi connectivity index (χ0n) is 13.1. The van der Waals surface area contributed by atoms with Crippen LogP contribution in [0.3, 0.4) is 0 Å². The highest BCUT2D eigenvalue weighted by molar-refractivity contribution is 5.21. The van der Waals surface area contributed by atoms with E-state index in [1.54, 1.807) is 0 Å². The van der Waals surface area contributed by atoms with Gasteiger partial charge in [0.05, 0.1) is 0 Å². The summed E-state index contributed by atoms with van der Waals surface area (Å²) < 4.78 is 27.2. The fraction of sp³-hybridized carbons (Fsp3) is 0.625. The number of hydrogen-bond donors (Lipinski definition) is 1. The Kier molecular flexibility index (Phi) is 6.08. The zero-order valence-corrected chi connectivity index (χ0v) is 13.1. The molecule has 114 valence electrons. The normalized spacial score (nSPS) is 13.8. The molecule has 0 saturated heterocycles. The van der Waals surface area contributed by atoms with Gasteiger partial charge in [0.25, 0.3) is 0 Å². The van der Waals surface area contributed by atoms with E-state index in [4.69, 9.17) is 0 Å². The maximum atomic E-state index is 13.9. The summed E-state index contributed by atoms with van der Waals surface area (Å²) in [7, 11) is 5.96. The number of benzene rings is 1. The molecule has 2 nitrogen and oxygen atoms in total. The third kappa shape index (κ3) is 3.36. The second-order valence-corrected chi connectivity index (χ2v) is 5.49. The SMILES string of the molecule is CCC(CC)(C(Cc1cc(F)ccc1F)NC)N(C)C. The lowest BCUT2D eigenvalue weighted by Gasteiger charge is -2.45. The molecule has 1 aromatic carbocycles. The van der Waals surface area contributed by atoms with Crippen molar-refractivity contribution < 1.29 is 8.78 Å². The molecule has 0 aliphatic rings. The number of halogens is 2. The van der Waals surface area contributed by atoms with E-state index in [2.05, 4.69) is 24.1 Å². The van der Waals surface area contributed by atoms with Gasteiger partial charge < -0.3 is 10.2 Å². The van der Waals surface area contributed by atoms with Gasteiger partial charge in [-0.15, -0.1) is 0 Å². The second-order valence-electron chi connectivity index (χ2n) is 5.49. The van der Waals surface area contributed by atoms with E-state index in [9.17, 15) is 8.78 Å². The quantitative estimate of drug-likeness (QED) is 0.827. The highest BCUT2D eigenvalue weighted by Crippen LogP contribution is 2.28. The fourth-order valence-corrected chi connectivity index (χ4v) is 3.17. The minimum absolute atomic E-state index is 0.0591. The van der Waals surface area contributed by atoms with Crippen LogP contribution in [0.2, 0.25) is 0 Å². The van der Waals surface area contributed by atoms with Gasteiger partial charge in [-0.1, -0.05) is 13.8 Å². The Morgan fingerprint density at radius 3 is 2.25 bits per heavy atom. The first-order valence-electron chi connectivity index (χ1n) is 7.19. The van der Waals surface area contributed by atoms with Crippen LogP contribution in [0.4, 0.5) is 8.78 Å². The van der Waals surface area contributed by atoms with E-state index in [1.807, 2.05) is 21.1 Å². The van der Waals surface area contributed by atoms with E-state index in [0.29, 0.717) is 12.0 Å². The Morgan fingerprint density at radius 1 is 1.20 bits per heavy atom. The first-order chi connectivity index (χ1) is 9.41. The van der Waals surface area contributed by atoms with Crippen LogP contribution in [0, 0.1) is 11.6 Å². The van der Waals surface area contributed by atoms with Crippen LogP contribution >= 0.6 is 0 Å². The number of likely N-dealkylation sites (N-methyl/N-ethyl adjacent to an activating group) is 2. The Balaban J connectivity index is 3.09. The molecule has 4 heteroatoms. The van der Waals surface area contributed by atoms with Gasteiger partial charge in [0, 0.05) is 11.6 Å². The molecule has 0 amide bonds. The Hall–Kier alpha value is -1.00. The lowest BCUT2D eigenvalue weighted by molar-refractivity contribution is 0.0913. The Labute approximate surface area is 121 Å². The summed E-state index contributed by atoms with van der Waals surface area (Å²) in [6.07, 6.45) is 2.36. The van der Waals surface area contributed by atoms with Crippen LogP contribution in [0.15, 0.2) is 18.2 Å². The molecule has 1 unspecified atom stereocenters. The largest absolute Gasteiger partial charge is 0.315 e. The topological polar surface area (TPSA) is 15.3 Å². The number of rotatable bonds is 7. The number of nitrogens with one attached hydrogen (secondary N) is 1. The molecular weight excluding hydrogens is 258 g/mol. The molecule has 0 heterocycles. The van der Waals surface area contributed by atoms with Gasteiger partial charge in [-0.2, -0.15) is 0 Å². The summed E-state index contributed by atoms with van der Waals surface area (Å²) in [6, 6.07) is 3.72. The molecular formula is C16H26F2N2. The maximum Gasteiger partial charge on any atom is 0.126 e. The highest BCUT2D eigenvalue weighted by atomic mass is 19.1. The summed E-state index contributed by atoms with van der Waals surface area (Å²) in [5.74, 6) is -0.730. The summed E-state index contributed by atoms with van der Waals surface area (Å²) in [5.41, 5.74) is 0.352. The van der Waals surface area contributed by atoms with Crippen molar-refractivity contribution in [2.75, 3.05) is 21.1 Å². The third-order valence-electron chi connectivity index (χ3n) is 4.54. The van der Waals surface area contributed by atoms with E-state index in [1.165, 1.54) is 12.1 Å². The first kappa shape index (κ1) is 17.1. The molecule has 0 saturated carbocycles. The molecule has 0 fully saturated rings. The molecule has 0 aromatic heterocycles. The molecule has 1 aromatic rings. The van der Waals surface area contributed by atoms with Crippen LogP contribution in [0.5, 0.6) is 0 Å². The molecule has 20 heavy (non-hydrogen) atoms. The minimum atomic E-state index is -0.389. The second kappa shape index (κ2) is 7.14. The highest BCUT2D eigenvalue weighted by Gasteiger charge is 2.37. The van der Waals surface area contributed by atoms with Gasteiger partial charge in [-0.25, -0.2) is 8.78 Å². The van der Waals surface area contributed by atoms with Crippen molar-refractivity contribution in [2.24, 2.45) is 0 Å². The fourth-order valence-electron chi connectivity index (χ4n) is 3.17. The molecule has 1 N–H and O–H groups in total. The van der Waals surface area contributed by atoms with Gasteiger partial charge in [0.1, 0.15) is 11.6 Å². The summed E-state index contributed by atoms with van der Waals surface area (Å²) in [4.78, 5) is 2.19. The van der Waals surface area contributed by atoms with Gasteiger partial charge in [-0.3, -0.25) is 0 Å². The average molecular weight is 284 g/mol. The predicted octanol–water partition coefficient (Wildman–Crippen LogP) is 3.22. The Morgan fingerprint density at radius 2 is 1.80 bits per heavy atom. The smallest absolute Gasteiger partial charge is 0.126 e. The van der Waals surface area contributed by atoms with E-state index < -0.39 is 0 Å². The monoisotopic (exact) mass is 284 g/mol. The molecule has 0 spiro atoms. The standard InChI is InChI=1S/C16H26F2N2/c1-6-16(7-2,20(4)5)15(19-3)11-12-10-13(17)8-9-14(12)18/h8-10,15,19H,6-7,11H2,1-5H3. The average Bonchev–Trinajstić information content (AvgIpc) is 2.42. The first-order valence-corrected chi connectivity index (χ1v) is 7.19. The van der Waals surface area contributed by atoms with Gasteiger partial charge in [-0.05, 0) is 64.2 Å². The van der Waals surface area contributed by atoms with Gasteiger partial charge in [0.2, 0.25) is 0 Å². The molecule has 0 radical (unpaired) electrons. The van der Waals surface area contributed by atoms with Gasteiger partial charge in [0.15, 0.2) is 0 Å². The molecule has 0 bridgehead atoms. The summed E-state index contributed by atoms with van der Waals surface area (Å²) in [5, 5.41) is 3.29. The Bertz CT molecular complexity index is 428. The zero-order chi connectivity index (χ0) is 15.3. The van der Waals surface area contributed by atoms with Crippen molar-refractivity contribution >= 4 is 0 Å². The van der Waals surface area contributed by atoms with Crippen LogP contribution in [-0.2, 0) is 6.42 Å².